The number of hydrogen-bond acceptors (Lipinski definition) is 5. The normalized spacial score (nSPS) is 17.5. The van der Waals surface area contributed by atoms with Gasteiger partial charge in [0.05, 0.1) is 19.2 Å². The minimum absolute atomic E-state index is 0.0289. The largest absolute Gasteiger partial charge is 0.497 e. The van der Waals surface area contributed by atoms with Crippen molar-refractivity contribution in [2.45, 2.75) is 13.3 Å². The van der Waals surface area contributed by atoms with E-state index in [9.17, 15) is 9.59 Å². The Hall–Kier alpha value is -2.70. The van der Waals surface area contributed by atoms with Gasteiger partial charge in [-0.05, 0) is 36.8 Å². The maximum Gasteiger partial charge on any atom is 0.249 e. The van der Waals surface area contributed by atoms with E-state index in [1.54, 1.807) is 26.2 Å². The van der Waals surface area contributed by atoms with Crippen LogP contribution in [0.25, 0.3) is 0 Å². The smallest absolute Gasteiger partial charge is 0.249 e. The van der Waals surface area contributed by atoms with Crippen molar-refractivity contribution in [3.63, 3.8) is 0 Å². The highest BCUT2D eigenvalue weighted by atomic mass is 16.5. The molecule has 0 radical (unpaired) electrons. The Bertz CT molecular complexity index is 593. The van der Waals surface area contributed by atoms with Crippen molar-refractivity contribution < 1.29 is 14.3 Å². The first-order valence-electron chi connectivity index (χ1n) is 6.40. The molecule has 0 spiro atoms. The van der Waals surface area contributed by atoms with Gasteiger partial charge in [0.1, 0.15) is 5.75 Å². The van der Waals surface area contributed by atoms with Gasteiger partial charge >= 0.3 is 0 Å². The van der Waals surface area contributed by atoms with Crippen molar-refractivity contribution in [1.82, 2.24) is 10.9 Å². The van der Waals surface area contributed by atoms with Gasteiger partial charge in [-0.2, -0.15) is 10.2 Å². The molecule has 7 heteroatoms. The Labute approximate surface area is 122 Å². The van der Waals surface area contributed by atoms with Crippen molar-refractivity contribution in [3.05, 3.63) is 29.8 Å². The van der Waals surface area contributed by atoms with Crippen LogP contribution in [-0.4, -0.2) is 30.9 Å². The Kier molecular flexibility index (Phi) is 4.65. The van der Waals surface area contributed by atoms with Gasteiger partial charge in [0.25, 0.3) is 0 Å². The fourth-order valence-electron chi connectivity index (χ4n) is 1.83. The van der Waals surface area contributed by atoms with Crippen LogP contribution < -0.4 is 15.6 Å². The summed E-state index contributed by atoms with van der Waals surface area (Å²) in [4.78, 5) is 23.1. The molecule has 0 saturated heterocycles. The van der Waals surface area contributed by atoms with Crippen molar-refractivity contribution in [2.75, 3.05) is 7.11 Å². The lowest BCUT2D eigenvalue weighted by molar-refractivity contribution is -0.127. The summed E-state index contributed by atoms with van der Waals surface area (Å²) in [5.74, 6) is -0.363. The highest BCUT2D eigenvalue weighted by Crippen LogP contribution is 2.11. The second-order valence-electron chi connectivity index (χ2n) is 4.55. The van der Waals surface area contributed by atoms with Crippen LogP contribution in [0, 0.1) is 5.92 Å². The number of nitrogens with one attached hydrogen (secondary N) is 2. The number of hydrogen-bond donors (Lipinski definition) is 2. The molecule has 0 aromatic heterocycles. The van der Waals surface area contributed by atoms with Crippen LogP contribution in [0.2, 0.25) is 0 Å². The maximum absolute atomic E-state index is 11.7. The molecule has 1 unspecified atom stereocenters. The predicted molar refractivity (Wildman–Crippen MR) is 78.1 cm³/mol. The van der Waals surface area contributed by atoms with Gasteiger partial charge in [-0.1, -0.05) is 0 Å². The first-order chi connectivity index (χ1) is 10.1. The van der Waals surface area contributed by atoms with Gasteiger partial charge in [0, 0.05) is 12.1 Å². The number of benzene rings is 1. The van der Waals surface area contributed by atoms with Crippen LogP contribution in [0.1, 0.15) is 18.9 Å². The first-order valence-corrected chi connectivity index (χ1v) is 6.40. The summed E-state index contributed by atoms with van der Waals surface area (Å²) in [6, 6.07) is 7.23. The van der Waals surface area contributed by atoms with Crippen LogP contribution in [0.4, 0.5) is 0 Å². The van der Waals surface area contributed by atoms with Crippen LogP contribution in [0.3, 0.4) is 0 Å². The van der Waals surface area contributed by atoms with E-state index in [0.717, 1.165) is 11.3 Å². The van der Waals surface area contributed by atoms with E-state index < -0.39 is 5.92 Å². The molecular weight excluding hydrogens is 272 g/mol. The van der Waals surface area contributed by atoms with Crippen LogP contribution >= 0.6 is 0 Å². The molecular formula is C14H16N4O3. The molecule has 2 amide bonds. The molecule has 2 rings (SSSR count). The van der Waals surface area contributed by atoms with E-state index in [2.05, 4.69) is 21.1 Å². The third kappa shape index (κ3) is 3.88. The Morgan fingerprint density at radius 1 is 1.48 bits per heavy atom. The number of carbonyl (C=O) groups is 2. The van der Waals surface area contributed by atoms with Crippen molar-refractivity contribution in [1.29, 1.82) is 0 Å². The molecule has 7 nitrogen and oxygen atoms in total. The average Bonchev–Trinajstić information content (AvgIpc) is 2.80. The Morgan fingerprint density at radius 3 is 2.76 bits per heavy atom. The molecule has 1 heterocycles. The predicted octanol–water partition coefficient (Wildman–Crippen LogP) is 0.657. The number of nitrogens with zero attached hydrogens (tertiary/aromatic N) is 2. The molecule has 1 aromatic carbocycles. The van der Waals surface area contributed by atoms with E-state index >= 15 is 0 Å². The molecule has 0 fully saturated rings. The van der Waals surface area contributed by atoms with Crippen LogP contribution in [-0.2, 0) is 9.59 Å². The number of amides is 2. The lowest BCUT2D eigenvalue weighted by atomic mass is 10.0. The minimum atomic E-state index is -0.513. The Morgan fingerprint density at radius 2 is 2.19 bits per heavy atom. The summed E-state index contributed by atoms with van der Waals surface area (Å²) in [6.45, 7) is 1.70. The lowest BCUT2D eigenvalue weighted by Crippen LogP contribution is -2.29. The monoisotopic (exact) mass is 288 g/mol. The summed E-state index contributed by atoms with van der Waals surface area (Å²) < 4.78 is 5.04. The second kappa shape index (κ2) is 6.65. The number of ether oxygens (including phenoxy) is 1. The zero-order valence-corrected chi connectivity index (χ0v) is 11.8. The lowest BCUT2D eigenvalue weighted by Gasteiger charge is -2.05. The van der Waals surface area contributed by atoms with E-state index in [1.807, 2.05) is 12.1 Å². The molecule has 0 bridgehead atoms. The standard InChI is InChI=1S/C14H16N4O3/c1-9-12(14(20)18-16-9)7-13(19)17-15-8-10-3-5-11(21-2)6-4-10/h3-6,8,12H,7H2,1-2H3,(H,17,19)(H,18,20)/b15-8+. The SMILES string of the molecule is COc1ccc(/C=N/NC(=O)CC2C(=O)NN=C2C)cc1. The minimum Gasteiger partial charge on any atom is -0.497 e. The highest BCUT2D eigenvalue weighted by molar-refractivity contribution is 6.09. The van der Waals surface area contributed by atoms with Gasteiger partial charge in [-0.15, -0.1) is 0 Å². The molecule has 110 valence electrons. The number of rotatable bonds is 5. The van der Waals surface area contributed by atoms with E-state index in [0.29, 0.717) is 5.71 Å². The summed E-state index contributed by atoms with van der Waals surface area (Å²) >= 11 is 0. The summed E-state index contributed by atoms with van der Waals surface area (Å²) in [5.41, 5.74) is 6.16. The van der Waals surface area contributed by atoms with Crippen molar-refractivity contribution >= 4 is 23.7 Å². The Balaban J connectivity index is 1.84. The van der Waals surface area contributed by atoms with Gasteiger partial charge < -0.3 is 4.74 Å². The van der Waals surface area contributed by atoms with Crippen molar-refractivity contribution in [3.8, 4) is 5.75 Å². The molecule has 1 aliphatic heterocycles. The quantitative estimate of drug-likeness (QED) is 0.615. The number of carbonyl (C=O) groups excluding carboxylic acids is 2. The topological polar surface area (TPSA) is 92.1 Å². The fourth-order valence-corrected chi connectivity index (χ4v) is 1.83. The molecule has 0 saturated carbocycles. The summed E-state index contributed by atoms with van der Waals surface area (Å²) in [5, 5.41) is 7.63. The molecule has 0 aliphatic carbocycles. The third-order valence-electron chi connectivity index (χ3n) is 3.07. The van der Waals surface area contributed by atoms with Gasteiger partial charge in [-0.25, -0.2) is 10.9 Å². The first kappa shape index (κ1) is 14.7. The second-order valence-corrected chi connectivity index (χ2v) is 4.55. The van der Waals surface area contributed by atoms with Gasteiger partial charge in [0.2, 0.25) is 11.8 Å². The van der Waals surface area contributed by atoms with E-state index in [4.69, 9.17) is 4.74 Å². The average molecular weight is 288 g/mol. The third-order valence-corrected chi connectivity index (χ3v) is 3.07. The summed E-state index contributed by atoms with van der Waals surface area (Å²) in [6.07, 6.45) is 1.55. The van der Waals surface area contributed by atoms with Crippen molar-refractivity contribution in [2.24, 2.45) is 16.1 Å². The van der Waals surface area contributed by atoms with E-state index in [1.165, 1.54) is 6.21 Å². The molecule has 2 N–H and O–H groups in total. The zero-order valence-electron chi connectivity index (χ0n) is 11.8. The molecule has 1 atom stereocenters. The molecule has 1 aromatic rings. The summed E-state index contributed by atoms with van der Waals surface area (Å²) in [7, 11) is 1.59. The highest BCUT2D eigenvalue weighted by Gasteiger charge is 2.28. The molecule has 1 aliphatic rings. The molecule has 21 heavy (non-hydrogen) atoms. The zero-order chi connectivity index (χ0) is 15.2. The number of hydrazone groups is 2. The van der Waals surface area contributed by atoms with Gasteiger partial charge in [0.15, 0.2) is 0 Å². The maximum atomic E-state index is 11.7. The fraction of sp³-hybridized carbons (Fsp3) is 0.286. The number of methoxy groups -OCH3 is 1. The van der Waals surface area contributed by atoms with Gasteiger partial charge in [-0.3, -0.25) is 9.59 Å². The van der Waals surface area contributed by atoms with Crippen LogP contribution in [0.15, 0.2) is 34.5 Å². The van der Waals surface area contributed by atoms with Crippen LogP contribution in [0.5, 0.6) is 5.75 Å². The van der Waals surface area contributed by atoms with E-state index in [-0.39, 0.29) is 18.2 Å².